The first kappa shape index (κ1) is 25.3. The van der Waals surface area contributed by atoms with Gasteiger partial charge in [-0.25, -0.2) is 5.84 Å². The smallest absolute Gasteiger partial charge is 0.233 e. The van der Waals surface area contributed by atoms with Gasteiger partial charge in [-0.1, -0.05) is 34.6 Å². The zero-order valence-corrected chi connectivity index (χ0v) is 15.2. The summed E-state index contributed by atoms with van der Waals surface area (Å²) >= 11 is 0. The highest BCUT2D eigenvalue weighted by Crippen LogP contribution is 2.17. The van der Waals surface area contributed by atoms with Crippen molar-refractivity contribution >= 4 is 5.91 Å². The Morgan fingerprint density at radius 1 is 1.33 bits per heavy atom. The second kappa shape index (κ2) is 17.4. The Kier molecular flexibility index (Phi) is 21.0. The predicted octanol–water partition coefficient (Wildman–Crippen LogP) is 3.01. The normalized spacial score (nSPS) is 10.2. The molecule has 0 spiro atoms. The summed E-state index contributed by atoms with van der Waals surface area (Å²) in [5.74, 6) is 5.50. The monoisotopic (exact) mass is 306 g/mol. The van der Waals surface area contributed by atoms with Crippen LogP contribution in [0.1, 0.15) is 74.1 Å². The highest BCUT2D eigenvalue weighted by molar-refractivity contribution is 5.75. The molecule has 1 amide bonds. The van der Waals surface area contributed by atoms with Crippen molar-refractivity contribution in [1.82, 2.24) is 5.43 Å². The maximum atomic E-state index is 10.9. The third-order valence-electron chi connectivity index (χ3n) is 2.53. The largest absolute Gasteiger partial charge is 0.396 e. The highest BCUT2D eigenvalue weighted by Gasteiger charge is 2.19. The van der Waals surface area contributed by atoms with Crippen molar-refractivity contribution in [1.29, 1.82) is 0 Å². The minimum absolute atomic E-state index is 0.143. The zero-order chi connectivity index (χ0) is 17.3. The fraction of sp³-hybridized carbons (Fsp3) is 0.938. The van der Waals surface area contributed by atoms with Gasteiger partial charge in [-0.3, -0.25) is 10.2 Å². The molecule has 0 bridgehead atoms. The number of hydrogen-bond acceptors (Lipinski definition) is 4. The number of aliphatic hydroxyl groups excluding tert-OH is 1. The van der Waals surface area contributed by atoms with E-state index in [0.717, 1.165) is 19.4 Å². The SMILES string of the molecule is CC.CC(C)CCOC(C)(C)CCC(=O)NN.CCCO. The average Bonchev–Trinajstić information content (AvgIpc) is 2.46. The van der Waals surface area contributed by atoms with Gasteiger partial charge >= 0.3 is 0 Å². The fourth-order valence-corrected chi connectivity index (χ4v) is 1.13. The molecule has 5 heteroatoms. The van der Waals surface area contributed by atoms with E-state index in [9.17, 15) is 4.79 Å². The molecule has 0 radical (unpaired) electrons. The summed E-state index contributed by atoms with van der Waals surface area (Å²) in [6.45, 7) is 15.3. The van der Waals surface area contributed by atoms with Crippen LogP contribution in [-0.2, 0) is 9.53 Å². The molecule has 0 saturated heterocycles. The van der Waals surface area contributed by atoms with Crippen LogP contribution >= 0.6 is 0 Å². The van der Waals surface area contributed by atoms with E-state index in [1.54, 1.807) is 0 Å². The van der Waals surface area contributed by atoms with Crippen LogP contribution in [0.25, 0.3) is 0 Å². The van der Waals surface area contributed by atoms with Gasteiger partial charge in [0.15, 0.2) is 0 Å². The maximum Gasteiger partial charge on any atom is 0.233 e. The Morgan fingerprint density at radius 2 is 1.81 bits per heavy atom. The van der Waals surface area contributed by atoms with Crippen LogP contribution in [-0.4, -0.2) is 29.8 Å². The number of hydrogen-bond donors (Lipinski definition) is 3. The Labute approximate surface area is 131 Å². The van der Waals surface area contributed by atoms with Crippen LogP contribution in [0.3, 0.4) is 0 Å². The maximum absolute atomic E-state index is 10.9. The molecule has 0 unspecified atom stereocenters. The molecule has 5 nitrogen and oxygen atoms in total. The molecular formula is C16H38N2O3. The van der Waals surface area contributed by atoms with E-state index in [1.165, 1.54) is 0 Å². The Morgan fingerprint density at radius 3 is 2.14 bits per heavy atom. The van der Waals surface area contributed by atoms with Gasteiger partial charge in [0, 0.05) is 19.6 Å². The molecule has 0 aromatic heterocycles. The van der Waals surface area contributed by atoms with Crippen molar-refractivity contribution in [3.05, 3.63) is 0 Å². The van der Waals surface area contributed by atoms with Crippen LogP contribution < -0.4 is 11.3 Å². The van der Waals surface area contributed by atoms with E-state index in [2.05, 4.69) is 19.3 Å². The minimum Gasteiger partial charge on any atom is -0.396 e. The van der Waals surface area contributed by atoms with Crippen molar-refractivity contribution in [2.24, 2.45) is 11.8 Å². The lowest BCUT2D eigenvalue weighted by Gasteiger charge is -2.25. The number of aliphatic hydroxyl groups is 1. The summed E-state index contributed by atoms with van der Waals surface area (Å²) in [6.07, 6.45) is 3.02. The molecule has 0 aromatic rings. The fourth-order valence-electron chi connectivity index (χ4n) is 1.13. The number of ether oxygens (including phenoxy) is 1. The summed E-state index contributed by atoms with van der Waals surface area (Å²) < 4.78 is 5.71. The van der Waals surface area contributed by atoms with Gasteiger partial charge in [0.25, 0.3) is 0 Å². The molecule has 0 aliphatic rings. The number of amides is 1. The van der Waals surface area contributed by atoms with Gasteiger partial charge in [-0.05, 0) is 39.0 Å². The second-order valence-corrected chi connectivity index (χ2v) is 5.58. The molecule has 0 heterocycles. The Bertz CT molecular complexity index is 218. The molecule has 0 fully saturated rings. The molecule has 0 aromatic carbocycles. The van der Waals surface area contributed by atoms with E-state index in [-0.39, 0.29) is 11.5 Å². The molecule has 21 heavy (non-hydrogen) atoms. The highest BCUT2D eigenvalue weighted by atomic mass is 16.5. The molecule has 130 valence electrons. The summed E-state index contributed by atoms with van der Waals surface area (Å²) in [5.41, 5.74) is 1.87. The first-order chi connectivity index (χ1) is 9.79. The number of carbonyl (C=O) groups is 1. The lowest BCUT2D eigenvalue weighted by molar-refractivity contribution is -0.123. The van der Waals surface area contributed by atoms with Crippen LogP contribution in [0.5, 0.6) is 0 Å². The van der Waals surface area contributed by atoms with Gasteiger partial charge in [0.2, 0.25) is 5.91 Å². The van der Waals surface area contributed by atoms with Gasteiger partial charge < -0.3 is 9.84 Å². The average molecular weight is 306 g/mol. The van der Waals surface area contributed by atoms with Gasteiger partial charge in [-0.2, -0.15) is 0 Å². The van der Waals surface area contributed by atoms with Crippen LogP contribution in [0.4, 0.5) is 0 Å². The van der Waals surface area contributed by atoms with Crippen molar-refractivity contribution in [3.63, 3.8) is 0 Å². The Balaban J connectivity index is -0.000000461. The lowest BCUT2D eigenvalue weighted by atomic mass is 10.0. The quantitative estimate of drug-likeness (QED) is 0.365. The predicted molar refractivity (Wildman–Crippen MR) is 89.8 cm³/mol. The third-order valence-corrected chi connectivity index (χ3v) is 2.53. The number of nitrogens with one attached hydrogen (secondary N) is 1. The van der Waals surface area contributed by atoms with Gasteiger partial charge in [0.1, 0.15) is 0 Å². The van der Waals surface area contributed by atoms with Crippen LogP contribution in [0.2, 0.25) is 0 Å². The van der Waals surface area contributed by atoms with Gasteiger partial charge in [-0.15, -0.1) is 0 Å². The third kappa shape index (κ3) is 24.7. The molecule has 0 atom stereocenters. The molecule has 0 rings (SSSR count). The zero-order valence-electron chi connectivity index (χ0n) is 15.2. The summed E-state index contributed by atoms with van der Waals surface area (Å²) in [6, 6.07) is 0. The molecule has 0 aliphatic carbocycles. The van der Waals surface area contributed by atoms with E-state index < -0.39 is 0 Å². The van der Waals surface area contributed by atoms with Crippen molar-refractivity contribution in [3.8, 4) is 0 Å². The van der Waals surface area contributed by atoms with E-state index in [4.69, 9.17) is 15.7 Å². The van der Waals surface area contributed by atoms with Gasteiger partial charge in [0.05, 0.1) is 5.60 Å². The molecular weight excluding hydrogens is 268 g/mol. The van der Waals surface area contributed by atoms with Crippen LogP contribution in [0, 0.1) is 5.92 Å². The first-order valence-corrected chi connectivity index (χ1v) is 8.03. The molecule has 4 N–H and O–H groups in total. The summed E-state index contributed by atoms with van der Waals surface area (Å²) in [4.78, 5) is 10.9. The van der Waals surface area contributed by atoms with Crippen molar-refractivity contribution in [2.45, 2.75) is 79.8 Å². The summed E-state index contributed by atoms with van der Waals surface area (Å²) in [7, 11) is 0. The molecule has 0 aliphatic heterocycles. The first-order valence-electron chi connectivity index (χ1n) is 8.03. The topological polar surface area (TPSA) is 84.6 Å². The number of rotatable bonds is 8. The van der Waals surface area contributed by atoms with E-state index in [1.807, 2.05) is 34.6 Å². The Hall–Kier alpha value is -0.650. The van der Waals surface area contributed by atoms with E-state index in [0.29, 0.717) is 25.4 Å². The standard InChI is InChI=1S/C11H24N2O2.C3H8O.C2H6/c1-9(2)6-8-15-11(3,4)7-5-10(14)13-12;1-2-3-4;1-2/h9H,5-8,12H2,1-4H3,(H,13,14);4H,2-3H2,1H3;1-2H3. The summed E-state index contributed by atoms with van der Waals surface area (Å²) in [5, 5.41) is 7.88. The lowest BCUT2D eigenvalue weighted by Crippen LogP contribution is -2.33. The minimum atomic E-state index is -0.249. The van der Waals surface area contributed by atoms with Crippen LogP contribution in [0.15, 0.2) is 0 Å². The number of nitrogens with two attached hydrogens (primary N) is 1. The second-order valence-electron chi connectivity index (χ2n) is 5.58. The molecule has 0 saturated carbocycles. The van der Waals surface area contributed by atoms with Crippen molar-refractivity contribution in [2.75, 3.05) is 13.2 Å². The number of hydrazine groups is 1. The number of carbonyl (C=O) groups excluding carboxylic acids is 1. The van der Waals surface area contributed by atoms with E-state index >= 15 is 0 Å². The van der Waals surface area contributed by atoms with Crippen molar-refractivity contribution < 1.29 is 14.6 Å².